The molecule has 0 bridgehead atoms. The van der Waals surface area contributed by atoms with E-state index in [-0.39, 0.29) is 22.5 Å². The van der Waals surface area contributed by atoms with Crippen LogP contribution in [0.5, 0.6) is 0 Å². The number of carbonyl (C=O) groups excluding carboxylic acids is 1. The van der Waals surface area contributed by atoms with Crippen molar-refractivity contribution < 1.29 is 9.00 Å². The van der Waals surface area contributed by atoms with Crippen molar-refractivity contribution in [3.05, 3.63) is 0 Å². The van der Waals surface area contributed by atoms with E-state index < -0.39 is 16.7 Å². The smallest absolute Gasteiger partial charge is 0.230 e. The van der Waals surface area contributed by atoms with Crippen molar-refractivity contribution in [2.24, 2.45) is 22.8 Å². The lowest BCUT2D eigenvalue weighted by molar-refractivity contribution is -0.115. The molecule has 0 saturated heterocycles. The molecule has 5 heteroatoms. The van der Waals surface area contributed by atoms with E-state index in [4.69, 9.17) is 11.5 Å². The molecule has 4 atom stereocenters. The predicted octanol–water partition coefficient (Wildman–Crippen LogP) is 1.15. The largest absolute Gasteiger partial charge is 0.369 e. The Kier molecular flexibility index (Phi) is 5.34. The normalized spacial score (nSPS) is 31.0. The van der Waals surface area contributed by atoms with Gasteiger partial charge in [-0.3, -0.25) is 9.00 Å². The Hall–Kier alpha value is -0.420. The van der Waals surface area contributed by atoms with Gasteiger partial charge in [0.15, 0.2) is 0 Å². The molecule has 0 aliphatic heterocycles. The Morgan fingerprint density at radius 2 is 2.00 bits per heavy atom. The first-order valence-electron chi connectivity index (χ1n) is 6.69. The molecule has 0 aromatic heterocycles. The van der Waals surface area contributed by atoms with Gasteiger partial charge in [-0.2, -0.15) is 0 Å². The first kappa shape index (κ1) is 15.6. The zero-order valence-electron chi connectivity index (χ0n) is 11.6. The summed E-state index contributed by atoms with van der Waals surface area (Å²) in [5.74, 6) is -0.0287. The molecule has 106 valence electrons. The summed E-state index contributed by atoms with van der Waals surface area (Å²) in [6.07, 6.45) is 3.93. The van der Waals surface area contributed by atoms with Crippen LogP contribution in [0.2, 0.25) is 0 Å². The van der Waals surface area contributed by atoms with Crippen LogP contribution in [-0.4, -0.2) is 27.2 Å². The lowest BCUT2D eigenvalue weighted by atomic mass is 9.69. The second kappa shape index (κ2) is 6.15. The molecule has 1 aliphatic rings. The third-order valence-corrected chi connectivity index (χ3v) is 6.27. The molecule has 1 rings (SSSR count). The summed E-state index contributed by atoms with van der Waals surface area (Å²) in [4.78, 5) is 10.9. The molecule has 0 heterocycles. The number of hydrogen-bond acceptors (Lipinski definition) is 3. The van der Waals surface area contributed by atoms with Crippen LogP contribution in [0.25, 0.3) is 0 Å². The maximum Gasteiger partial charge on any atom is 0.230 e. The van der Waals surface area contributed by atoms with Crippen molar-refractivity contribution in [3.63, 3.8) is 0 Å². The van der Waals surface area contributed by atoms with E-state index in [0.29, 0.717) is 5.92 Å². The Morgan fingerprint density at radius 1 is 1.39 bits per heavy atom. The Morgan fingerprint density at radius 3 is 2.50 bits per heavy atom. The number of rotatable bonds is 5. The van der Waals surface area contributed by atoms with E-state index in [1.54, 1.807) is 0 Å². The average Bonchev–Trinajstić information content (AvgIpc) is 2.28. The molecule has 1 fully saturated rings. The molecule has 1 saturated carbocycles. The van der Waals surface area contributed by atoms with Gasteiger partial charge in [-0.05, 0) is 30.6 Å². The summed E-state index contributed by atoms with van der Waals surface area (Å²) in [6, 6.07) is -0.0610. The van der Waals surface area contributed by atoms with Gasteiger partial charge in [0.1, 0.15) is 5.75 Å². The van der Waals surface area contributed by atoms with E-state index in [0.717, 1.165) is 25.7 Å². The molecule has 0 aromatic carbocycles. The summed E-state index contributed by atoms with van der Waals surface area (Å²) in [6.45, 7) is 6.69. The fourth-order valence-electron chi connectivity index (χ4n) is 2.70. The molecular formula is C13H26N2O2S. The molecule has 4 nitrogen and oxygen atoms in total. The van der Waals surface area contributed by atoms with Crippen LogP contribution in [0.3, 0.4) is 0 Å². The first-order chi connectivity index (χ1) is 8.27. The predicted molar refractivity (Wildman–Crippen MR) is 75.4 cm³/mol. The summed E-state index contributed by atoms with van der Waals surface area (Å²) in [5.41, 5.74) is 11.4. The highest BCUT2D eigenvalue weighted by Gasteiger charge is 2.38. The number of carbonyl (C=O) groups is 1. The SMILES string of the molecule is CCC(C)(C)C1CCC(N)C(S(=O)CC(N)=O)C1. The van der Waals surface area contributed by atoms with Crippen molar-refractivity contribution in [2.75, 3.05) is 5.75 Å². The van der Waals surface area contributed by atoms with E-state index in [1.165, 1.54) is 0 Å². The van der Waals surface area contributed by atoms with Gasteiger partial charge in [0, 0.05) is 16.8 Å². The van der Waals surface area contributed by atoms with E-state index >= 15 is 0 Å². The molecular weight excluding hydrogens is 248 g/mol. The third kappa shape index (κ3) is 3.79. The van der Waals surface area contributed by atoms with Crippen LogP contribution in [-0.2, 0) is 15.6 Å². The van der Waals surface area contributed by atoms with Gasteiger partial charge in [0.05, 0.1) is 5.25 Å². The molecule has 0 radical (unpaired) electrons. The Labute approximate surface area is 112 Å². The minimum Gasteiger partial charge on any atom is -0.369 e. The van der Waals surface area contributed by atoms with Crippen LogP contribution in [0.1, 0.15) is 46.5 Å². The Balaban J connectivity index is 2.73. The van der Waals surface area contributed by atoms with Crippen molar-refractivity contribution in [2.45, 2.75) is 57.7 Å². The van der Waals surface area contributed by atoms with Gasteiger partial charge >= 0.3 is 0 Å². The summed E-state index contributed by atoms with van der Waals surface area (Å²) in [5, 5.41) is -0.0814. The van der Waals surface area contributed by atoms with Gasteiger partial charge in [-0.25, -0.2) is 0 Å². The summed E-state index contributed by atoms with van der Waals surface area (Å²) >= 11 is 0. The maximum atomic E-state index is 12.1. The molecule has 4 unspecified atom stereocenters. The van der Waals surface area contributed by atoms with Crippen LogP contribution in [0.4, 0.5) is 0 Å². The molecule has 0 spiro atoms. The van der Waals surface area contributed by atoms with Crippen LogP contribution in [0.15, 0.2) is 0 Å². The molecule has 4 N–H and O–H groups in total. The van der Waals surface area contributed by atoms with Crippen LogP contribution >= 0.6 is 0 Å². The van der Waals surface area contributed by atoms with Crippen molar-refractivity contribution in [3.8, 4) is 0 Å². The minimum absolute atomic E-state index is 0.0579. The van der Waals surface area contributed by atoms with Crippen LogP contribution < -0.4 is 11.5 Å². The highest BCUT2D eigenvalue weighted by atomic mass is 32.2. The summed E-state index contributed by atoms with van der Waals surface area (Å²) < 4.78 is 12.1. The third-order valence-electron chi connectivity index (χ3n) is 4.48. The van der Waals surface area contributed by atoms with Crippen molar-refractivity contribution >= 4 is 16.7 Å². The second-order valence-electron chi connectivity index (χ2n) is 6.05. The zero-order chi connectivity index (χ0) is 13.9. The quantitative estimate of drug-likeness (QED) is 0.788. The van der Waals surface area contributed by atoms with Crippen molar-refractivity contribution in [1.29, 1.82) is 0 Å². The lowest BCUT2D eigenvalue weighted by Crippen LogP contribution is -2.47. The van der Waals surface area contributed by atoms with Gasteiger partial charge < -0.3 is 11.5 Å². The Bertz CT molecular complexity index is 331. The number of primary amides is 1. The van der Waals surface area contributed by atoms with E-state index in [9.17, 15) is 9.00 Å². The minimum atomic E-state index is -1.22. The first-order valence-corrected chi connectivity index (χ1v) is 8.07. The fourth-order valence-corrected chi connectivity index (χ4v) is 4.17. The van der Waals surface area contributed by atoms with E-state index in [1.807, 2.05) is 0 Å². The molecule has 18 heavy (non-hydrogen) atoms. The topological polar surface area (TPSA) is 86.2 Å². The highest BCUT2D eigenvalue weighted by Crippen LogP contribution is 2.41. The van der Waals surface area contributed by atoms with Gasteiger partial charge in [-0.15, -0.1) is 0 Å². The molecule has 0 aromatic rings. The fraction of sp³-hybridized carbons (Fsp3) is 0.923. The highest BCUT2D eigenvalue weighted by molar-refractivity contribution is 7.86. The zero-order valence-corrected chi connectivity index (χ0v) is 12.5. The monoisotopic (exact) mass is 274 g/mol. The number of hydrogen-bond donors (Lipinski definition) is 2. The second-order valence-corrected chi connectivity index (χ2v) is 7.70. The van der Waals surface area contributed by atoms with Crippen molar-refractivity contribution in [1.82, 2.24) is 0 Å². The maximum absolute atomic E-state index is 12.1. The van der Waals surface area contributed by atoms with Crippen LogP contribution in [0, 0.1) is 11.3 Å². The molecule has 1 aliphatic carbocycles. The van der Waals surface area contributed by atoms with Gasteiger partial charge in [0.25, 0.3) is 0 Å². The lowest BCUT2D eigenvalue weighted by Gasteiger charge is -2.41. The van der Waals surface area contributed by atoms with E-state index in [2.05, 4.69) is 20.8 Å². The summed E-state index contributed by atoms with van der Waals surface area (Å²) in [7, 11) is -1.22. The van der Waals surface area contributed by atoms with Gasteiger partial charge in [-0.1, -0.05) is 27.2 Å². The average molecular weight is 274 g/mol. The molecule has 1 amide bonds. The standard InChI is InChI=1S/C13H26N2O2S/c1-4-13(2,3)9-5-6-10(14)11(7-9)18(17)8-12(15)16/h9-11H,4-8,14H2,1-3H3,(H2,15,16). The number of amides is 1. The van der Waals surface area contributed by atoms with Gasteiger partial charge in [0.2, 0.25) is 5.91 Å². The number of nitrogens with two attached hydrogens (primary N) is 2.